The van der Waals surface area contributed by atoms with Gasteiger partial charge in [-0.1, -0.05) is 96.9 Å². The van der Waals surface area contributed by atoms with Gasteiger partial charge in [-0.15, -0.1) is 0 Å². The van der Waals surface area contributed by atoms with Crippen molar-refractivity contribution in [2.24, 2.45) is 0 Å². The van der Waals surface area contributed by atoms with E-state index in [2.05, 4.69) is 145 Å². The minimum absolute atomic E-state index is 0.00435. The van der Waals surface area contributed by atoms with Crippen LogP contribution in [0, 0.1) is 0 Å². The highest BCUT2D eigenvalue weighted by Crippen LogP contribution is 2.46. The van der Waals surface area contributed by atoms with Gasteiger partial charge in [0.25, 0.3) is 0 Å². The predicted molar refractivity (Wildman–Crippen MR) is 250 cm³/mol. The van der Waals surface area contributed by atoms with E-state index in [-0.39, 0.29) is 65.3 Å². The third-order valence-electron chi connectivity index (χ3n) is 11.8. The molecule has 0 aliphatic carbocycles. The van der Waals surface area contributed by atoms with Crippen molar-refractivity contribution in [3.05, 3.63) is 93.0 Å². The van der Waals surface area contributed by atoms with Crippen LogP contribution < -0.4 is 14.2 Å². The monoisotopic (exact) mass is 833 g/mol. The molecular weight excluding hydrogens is 761 g/mol. The average Bonchev–Trinajstić information content (AvgIpc) is 3.15. The lowest BCUT2D eigenvalue weighted by Gasteiger charge is -2.25. The van der Waals surface area contributed by atoms with E-state index in [1.54, 1.807) is 0 Å². The summed E-state index contributed by atoms with van der Waals surface area (Å²) in [4.78, 5) is 37.1. The van der Waals surface area contributed by atoms with Crippen LogP contribution in [0.1, 0.15) is 222 Å². The Morgan fingerprint density at radius 3 is 0.852 bits per heavy atom. The summed E-state index contributed by atoms with van der Waals surface area (Å²) in [6.07, 6.45) is 1.53. The van der Waals surface area contributed by atoms with Crippen LogP contribution >= 0.6 is 0 Å². The van der Waals surface area contributed by atoms with Gasteiger partial charge in [-0.05, 0) is 175 Å². The van der Waals surface area contributed by atoms with Crippen LogP contribution in [0.15, 0.2) is 48.5 Å². The van der Waals surface area contributed by atoms with Gasteiger partial charge >= 0.3 is 17.9 Å². The molecule has 0 aliphatic heterocycles. The zero-order chi connectivity index (χ0) is 45.8. The van der Waals surface area contributed by atoms with Crippen molar-refractivity contribution in [3.8, 4) is 45.3 Å². The normalized spacial score (nSPS) is 12.8. The lowest BCUT2D eigenvalue weighted by Crippen LogP contribution is -2.11. The summed E-state index contributed by atoms with van der Waals surface area (Å²) in [5.41, 5.74) is 11.7. The van der Waals surface area contributed by atoms with Gasteiger partial charge < -0.3 is 19.3 Å². The highest BCUT2D eigenvalue weighted by Gasteiger charge is 2.27. The van der Waals surface area contributed by atoms with Crippen molar-refractivity contribution in [2.45, 2.75) is 178 Å². The molecule has 4 aromatic rings. The third-order valence-corrected chi connectivity index (χ3v) is 11.8. The lowest BCUT2D eigenvalue weighted by molar-refractivity contribution is -0.133. The lowest BCUT2D eigenvalue weighted by atomic mass is 9.82. The molecular formula is C54H72O7. The van der Waals surface area contributed by atoms with Gasteiger partial charge in [-0.3, -0.25) is 14.4 Å². The van der Waals surface area contributed by atoms with Gasteiger partial charge in [0.2, 0.25) is 0 Å². The standard InChI is InChI=1S/C54H72O7/c1-28(2)43-20-39(40-21-44(29(3)4)52(59-36(15)55)45(22-40)30(5)6)26-49(51(43)58)34(13)18-19-35(14)50-27-42(25-48(33(11)12)54(50)61-38(17)57)41-23-46(31(7)8)53(60-37(16)56)47(24-41)32(9)10/h20-35,58H,18-19H2,1-17H3. The van der Waals surface area contributed by atoms with Gasteiger partial charge in [0.15, 0.2) is 0 Å². The highest BCUT2D eigenvalue weighted by atomic mass is 16.5. The van der Waals surface area contributed by atoms with Gasteiger partial charge in [0.05, 0.1) is 0 Å². The third kappa shape index (κ3) is 11.5. The van der Waals surface area contributed by atoms with Crippen molar-refractivity contribution >= 4 is 17.9 Å². The molecule has 1 N–H and O–H groups in total. The van der Waals surface area contributed by atoms with Crippen molar-refractivity contribution in [1.29, 1.82) is 0 Å². The maximum Gasteiger partial charge on any atom is 0.308 e. The molecule has 0 saturated heterocycles. The topological polar surface area (TPSA) is 99.1 Å². The Kier molecular flexibility index (Phi) is 16.2. The molecule has 0 aromatic heterocycles. The quantitative estimate of drug-likeness (QED) is 0.0886. The van der Waals surface area contributed by atoms with Gasteiger partial charge in [-0.2, -0.15) is 0 Å². The number of phenolic OH excluding ortho intramolecular Hbond substituents is 1. The Balaban J connectivity index is 1.85. The number of esters is 3. The number of carbonyl (C=O) groups excluding carboxylic acids is 3. The fraction of sp³-hybridized carbons (Fsp3) is 0.500. The first kappa shape index (κ1) is 48.8. The number of ether oxygens (including phenoxy) is 3. The van der Waals surface area contributed by atoms with Gasteiger partial charge in [0, 0.05) is 20.8 Å². The molecule has 61 heavy (non-hydrogen) atoms. The SMILES string of the molecule is CC(=O)Oc1c(C(C)C)cc(-c2cc(C(C)C)c(O)c(C(C)CCC(C)c3cc(-c4cc(C(C)C)c(OC(C)=O)c(C(C)C)c4)cc(C(C)C)c3OC(C)=O)c2)cc1C(C)C. The summed E-state index contributed by atoms with van der Waals surface area (Å²) < 4.78 is 17.7. The first-order valence-electron chi connectivity index (χ1n) is 22.4. The largest absolute Gasteiger partial charge is 0.507 e. The Morgan fingerprint density at radius 1 is 0.377 bits per heavy atom. The highest BCUT2D eigenvalue weighted by molar-refractivity contribution is 5.78. The molecule has 7 nitrogen and oxygen atoms in total. The van der Waals surface area contributed by atoms with Gasteiger partial charge in [0.1, 0.15) is 23.0 Å². The molecule has 7 heteroatoms. The first-order chi connectivity index (χ1) is 28.4. The summed E-state index contributed by atoms with van der Waals surface area (Å²) in [5, 5.41) is 11.9. The van der Waals surface area contributed by atoms with Crippen LogP contribution in [0.25, 0.3) is 22.3 Å². The predicted octanol–water partition coefficient (Wildman–Crippen LogP) is 14.9. The molecule has 0 radical (unpaired) electrons. The van der Waals surface area contributed by atoms with Crippen molar-refractivity contribution in [2.75, 3.05) is 0 Å². The molecule has 2 atom stereocenters. The van der Waals surface area contributed by atoms with Crippen LogP contribution in [0.3, 0.4) is 0 Å². The number of benzene rings is 4. The van der Waals surface area contributed by atoms with E-state index in [9.17, 15) is 19.5 Å². The number of hydrogen-bond acceptors (Lipinski definition) is 7. The fourth-order valence-electron chi connectivity index (χ4n) is 8.29. The summed E-state index contributed by atoms with van der Waals surface area (Å²) >= 11 is 0. The second kappa shape index (κ2) is 20.3. The van der Waals surface area contributed by atoms with Crippen LogP contribution in [0.5, 0.6) is 23.0 Å². The number of hydrogen-bond donors (Lipinski definition) is 1. The zero-order valence-corrected chi connectivity index (χ0v) is 40.0. The molecule has 4 rings (SSSR count). The molecule has 0 saturated carbocycles. The second-order valence-electron chi connectivity index (χ2n) is 19.0. The van der Waals surface area contributed by atoms with Crippen molar-refractivity contribution in [3.63, 3.8) is 0 Å². The molecule has 0 amide bonds. The van der Waals surface area contributed by atoms with E-state index in [1.165, 1.54) is 20.8 Å². The van der Waals surface area contributed by atoms with Crippen LogP contribution in [0.4, 0.5) is 0 Å². The molecule has 0 heterocycles. The van der Waals surface area contributed by atoms with E-state index >= 15 is 0 Å². The summed E-state index contributed by atoms with van der Waals surface area (Å²) in [7, 11) is 0. The van der Waals surface area contributed by atoms with E-state index in [0.29, 0.717) is 23.0 Å². The molecule has 0 aliphatic rings. The smallest absolute Gasteiger partial charge is 0.308 e. The molecule has 2 unspecified atom stereocenters. The Morgan fingerprint density at radius 2 is 0.590 bits per heavy atom. The number of aromatic hydroxyl groups is 1. The Labute approximate surface area is 366 Å². The van der Waals surface area contributed by atoms with Crippen molar-refractivity contribution in [1.82, 2.24) is 0 Å². The molecule has 330 valence electrons. The van der Waals surface area contributed by atoms with E-state index in [0.717, 1.165) is 79.6 Å². The minimum Gasteiger partial charge on any atom is -0.507 e. The maximum atomic E-state index is 12.7. The molecule has 4 aromatic carbocycles. The maximum absolute atomic E-state index is 12.7. The average molecular weight is 833 g/mol. The van der Waals surface area contributed by atoms with Crippen LogP contribution in [-0.2, 0) is 14.4 Å². The minimum atomic E-state index is -0.364. The fourth-order valence-corrected chi connectivity index (χ4v) is 8.29. The Hall–Kier alpha value is -4.91. The molecule has 0 fully saturated rings. The van der Waals surface area contributed by atoms with E-state index in [1.807, 2.05) is 0 Å². The molecule has 0 spiro atoms. The van der Waals surface area contributed by atoms with Crippen LogP contribution in [-0.4, -0.2) is 23.0 Å². The summed E-state index contributed by atoms with van der Waals surface area (Å²) in [5.74, 6) is 1.77. The van der Waals surface area contributed by atoms with E-state index < -0.39 is 0 Å². The number of phenols is 1. The zero-order valence-electron chi connectivity index (χ0n) is 40.0. The Bertz CT molecular complexity index is 2180. The summed E-state index contributed by atoms with van der Waals surface area (Å²) in [6, 6.07) is 17.1. The van der Waals surface area contributed by atoms with E-state index in [4.69, 9.17) is 14.2 Å². The van der Waals surface area contributed by atoms with Gasteiger partial charge in [-0.25, -0.2) is 0 Å². The number of carbonyl (C=O) groups is 3. The number of rotatable bonds is 16. The van der Waals surface area contributed by atoms with Crippen LogP contribution in [0.2, 0.25) is 0 Å². The first-order valence-corrected chi connectivity index (χ1v) is 22.4. The summed E-state index contributed by atoms with van der Waals surface area (Å²) in [6.45, 7) is 34.0. The van der Waals surface area contributed by atoms with Crippen molar-refractivity contribution < 1.29 is 33.7 Å². The molecule has 0 bridgehead atoms. The second-order valence-corrected chi connectivity index (χ2v) is 19.0.